The Morgan fingerprint density at radius 1 is 1.28 bits per heavy atom. The van der Waals surface area contributed by atoms with Gasteiger partial charge in [-0.15, -0.1) is 0 Å². The lowest BCUT2D eigenvalue weighted by Crippen LogP contribution is -2.38. The van der Waals surface area contributed by atoms with Crippen LogP contribution in [0.15, 0.2) is 0 Å². The van der Waals surface area contributed by atoms with E-state index in [1.54, 1.807) is 6.92 Å². The lowest BCUT2D eigenvalue weighted by Gasteiger charge is -2.21. The summed E-state index contributed by atoms with van der Waals surface area (Å²) in [6, 6.07) is 0. The van der Waals surface area contributed by atoms with Crippen molar-refractivity contribution in [2.24, 2.45) is 5.92 Å². The van der Waals surface area contributed by atoms with Crippen LogP contribution >= 0.6 is 0 Å². The first kappa shape index (κ1) is 17.4. The van der Waals surface area contributed by atoms with Gasteiger partial charge in [0.2, 0.25) is 10.0 Å². The van der Waals surface area contributed by atoms with Crippen LogP contribution in [0.2, 0.25) is 0 Å². The van der Waals surface area contributed by atoms with Crippen molar-refractivity contribution >= 4 is 16.0 Å². The van der Waals surface area contributed by atoms with Gasteiger partial charge in [-0.05, 0) is 25.7 Å². The van der Waals surface area contributed by atoms with Crippen LogP contribution in [-0.4, -0.2) is 44.1 Å². The fourth-order valence-electron chi connectivity index (χ4n) is 1.43. The first-order chi connectivity index (χ1) is 8.33. The van der Waals surface area contributed by atoms with Crippen LogP contribution in [0.5, 0.6) is 0 Å². The standard InChI is InChI=1S/C12H25NO4S/c1-5-8-13(10-12(14)17-6-2)18(15,16)9-7-11(3)4/h11H,5-10H2,1-4H3. The first-order valence-corrected chi connectivity index (χ1v) is 8.07. The largest absolute Gasteiger partial charge is 0.465 e. The second-order valence-electron chi connectivity index (χ2n) is 4.64. The maximum Gasteiger partial charge on any atom is 0.321 e. The molecule has 6 heteroatoms. The van der Waals surface area contributed by atoms with Crippen LogP contribution < -0.4 is 0 Å². The molecule has 0 bridgehead atoms. The van der Waals surface area contributed by atoms with Gasteiger partial charge in [0.05, 0.1) is 12.4 Å². The quantitative estimate of drug-likeness (QED) is 0.602. The van der Waals surface area contributed by atoms with E-state index in [2.05, 4.69) is 0 Å². The Kier molecular flexibility index (Phi) is 8.18. The maximum absolute atomic E-state index is 12.1. The Labute approximate surface area is 111 Å². The number of hydrogen-bond donors (Lipinski definition) is 0. The summed E-state index contributed by atoms with van der Waals surface area (Å²) in [5.41, 5.74) is 0. The molecule has 0 unspecified atom stereocenters. The molecule has 0 rings (SSSR count). The third kappa shape index (κ3) is 6.96. The van der Waals surface area contributed by atoms with Crippen LogP contribution in [0.4, 0.5) is 0 Å². The summed E-state index contributed by atoms with van der Waals surface area (Å²) in [5, 5.41) is 0. The van der Waals surface area contributed by atoms with Gasteiger partial charge >= 0.3 is 5.97 Å². The molecule has 0 fully saturated rings. The number of rotatable bonds is 9. The number of ether oxygens (including phenoxy) is 1. The normalized spacial score (nSPS) is 12.1. The molecule has 0 radical (unpaired) electrons. The molecule has 0 aromatic rings. The molecule has 0 aromatic heterocycles. The third-order valence-corrected chi connectivity index (χ3v) is 4.28. The van der Waals surface area contributed by atoms with Gasteiger partial charge in [-0.25, -0.2) is 8.42 Å². The lowest BCUT2D eigenvalue weighted by atomic mass is 10.2. The van der Waals surface area contributed by atoms with Crippen LogP contribution in [0.1, 0.15) is 40.5 Å². The van der Waals surface area contributed by atoms with Gasteiger partial charge in [-0.1, -0.05) is 20.8 Å². The van der Waals surface area contributed by atoms with E-state index < -0.39 is 16.0 Å². The van der Waals surface area contributed by atoms with Crippen LogP contribution in [0, 0.1) is 5.92 Å². The molecule has 0 saturated heterocycles. The van der Waals surface area contributed by atoms with Crippen molar-refractivity contribution < 1.29 is 17.9 Å². The van der Waals surface area contributed by atoms with Gasteiger partial charge in [0.1, 0.15) is 6.54 Å². The van der Waals surface area contributed by atoms with E-state index in [0.29, 0.717) is 25.3 Å². The second-order valence-corrected chi connectivity index (χ2v) is 6.73. The summed E-state index contributed by atoms with van der Waals surface area (Å²) >= 11 is 0. The molecule has 0 heterocycles. The number of hydrogen-bond acceptors (Lipinski definition) is 4. The monoisotopic (exact) mass is 279 g/mol. The molecule has 108 valence electrons. The zero-order chi connectivity index (χ0) is 14.2. The molecule has 0 aromatic carbocycles. The van der Waals surface area contributed by atoms with Crippen LogP contribution in [0.25, 0.3) is 0 Å². The Bertz CT molecular complexity index is 338. The van der Waals surface area contributed by atoms with Crippen molar-refractivity contribution in [2.75, 3.05) is 25.4 Å². The molecular formula is C12H25NO4S. The van der Waals surface area contributed by atoms with Gasteiger partial charge < -0.3 is 4.74 Å². The van der Waals surface area contributed by atoms with Crippen molar-refractivity contribution in [1.82, 2.24) is 4.31 Å². The summed E-state index contributed by atoms with van der Waals surface area (Å²) < 4.78 is 30.2. The molecule has 0 N–H and O–H groups in total. The Morgan fingerprint density at radius 2 is 1.89 bits per heavy atom. The molecular weight excluding hydrogens is 254 g/mol. The highest BCUT2D eigenvalue weighted by atomic mass is 32.2. The van der Waals surface area contributed by atoms with Crippen molar-refractivity contribution in [3.63, 3.8) is 0 Å². The predicted octanol–water partition coefficient (Wildman–Crippen LogP) is 1.64. The smallest absolute Gasteiger partial charge is 0.321 e. The van der Waals surface area contributed by atoms with E-state index in [9.17, 15) is 13.2 Å². The van der Waals surface area contributed by atoms with E-state index in [0.717, 1.165) is 0 Å². The topological polar surface area (TPSA) is 63.7 Å². The minimum Gasteiger partial charge on any atom is -0.465 e. The van der Waals surface area contributed by atoms with Gasteiger partial charge in [0, 0.05) is 6.54 Å². The highest BCUT2D eigenvalue weighted by Crippen LogP contribution is 2.09. The Morgan fingerprint density at radius 3 is 2.33 bits per heavy atom. The minimum absolute atomic E-state index is 0.0874. The Balaban J connectivity index is 4.60. The molecule has 0 amide bonds. The van der Waals surface area contributed by atoms with Crippen molar-refractivity contribution in [3.05, 3.63) is 0 Å². The third-order valence-electron chi connectivity index (χ3n) is 2.43. The zero-order valence-electron chi connectivity index (χ0n) is 11.8. The highest BCUT2D eigenvalue weighted by molar-refractivity contribution is 7.89. The van der Waals surface area contributed by atoms with Crippen molar-refractivity contribution in [3.8, 4) is 0 Å². The average Bonchev–Trinajstić information content (AvgIpc) is 2.26. The summed E-state index contributed by atoms with van der Waals surface area (Å²) in [6.07, 6.45) is 1.28. The zero-order valence-corrected chi connectivity index (χ0v) is 12.6. The fourth-order valence-corrected chi connectivity index (χ4v) is 3.22. The first-order valence-electron chi connectivity index (χ1n) is 6.46. The fraction of sp³-hybridized carbons (Fsp3) is 0.917. The van der Waals surface area contributed by atoms with Crippen LogP contribution in [-0.2, 0) is 19.6 Å². The van der Waals surface area contributed by atoms with Gasteiger partial charge in [0.25, 0.3) is 0 Å². The second kappa shape index (κ2) is 8.48. The van der Waals surface area contributed by atoms with Gasteiger partial charge in [-0.2, -0.15) is 4.31 Å². The number of nitrogens with zero attached hydrogens (tertiary/aromatic N) is 1. The summed E-state index contributed by atoms with van der Waals surface area (Å²) in [4.78, 5) is 11.4. The minimum atomic E-state index is -3.36. The van der Waals surface area contributed by atoms with E-state index >= 15 is 0 Å². The predicted molar refractivity (Wildman–Crippen MR) is 71.7 cm³/mol. The van der Waals surface area contributed by atoms with Gasteiger partial charge in [-0.3, -0.25) is 4.79 Å². The summed E-state index contributed by atoms with van der Waals surface area (Å²) in [6.45, 7) is 7.99. The molecule has 0 saturated carbocycles. The lowest BCUT2D eigenvalue weighted by molar-refractivity contribution is -0.143. The van der Waals surface area contributed by atoms with Crippen molar-refractivity contribution in [1.29, 1.82) is 0 Å². The molecule has 5 nitrogen and oxygen atoms in total. The molecule has 0 spiro atoms. The van der Waals surface area contributed by atoms with E-state index in [1.807, 2.05) is 20.8 Å². The SMILES string of the molecule is CCCN(CC(=O)OCC)S(=O)(=O)CCC(C)C. The highest BCUT2D eigenvalue weighted by Gasteiger charge is 2.24. The number of carbonyl (C=O) groups is 1. The average molecular weight is 279 g/mol. The Hall–Kier alpha value is -0.620. The summed E-state index contributed by atoms with van der Waals surface area (Å²) in [5.74, 6) is -0.0747. The number of esters is 1. The molecule has 0 aliphatic rings. The molecule has 0 aliphatic carbocycles. The molecule has 18 heavy (non-hydrogen) atoms. The molecule has 0 atom stereocenters. The maximum atomic E-state index is 12.1. The number of sulfonamides is 1. The molecule has 0 aliphatic heterocycles. The summed E-state index contributed by atoms with van der Waals surface area (Å²) in [7, 11) is -3.36. The van der Waals surface area contributed by atoms with E-state index in [1.165, 1.54) is 4.31 Å². The van der Waals surface area contributed by atoms with E-state index in [4.69, 9.17) is 4.74 Å². The van der Waals surface area contributed by atoms with E-state index in [-0.39, 0.29) is 18.9 Å². The number of carbonyl (C=O) groups excluding carboxylic acids is 1. The van der Waals surface area contributed by atoms with Crippen molar-refractivity contribution in [2.45, 2.75) is 40.5 Å². The van der Waals surface area contributed by atoms with Crippen LogP contribution in [0.3, 0.4) is 0 Å². The van der Waals surface area contributed by atoms with Gasteiger partial charge in [0.15, 0.2) is 0 Å².